The van der Waals surface area contributed by atoms with Gasteiger partial charge >= 0.3 is 0 Å². The summed E-state index contributed by atoms with van der Waals surface area (Å²) in [6, 6.07) is 11.6. The number of rotatable bonds is 7. The highest BCUT2D eigenvalue weighted by molar-refractivity contribution is 9.10. The van der Waals surface area contributed by atoms with E-state index in [9.17, 15) is 5.11 Å². The second-order valence-corrected chi connectivity index (χ2v) is 5.90. The Morgan fingerprint density at radius 1 is 1.24 bits per heavy atom. The highest BCUT2D eigenvalue weighted by Gasteiger charge is 2.19. The SMILES string of the molecule is CC[C@H](Oc1ccc(Br)cc1)[C@H](O)CCc1cccnc1. The number of hydrogen-bond donors (Lipinski definition) is 1. The van der Waals surface area contributed by atoms with Gasteiger partial charge in [0.05, 0.1) is 6.10 Å². The Kier molecular flexibility index (Phi) is 6.21. The summed E-state index contributed by atoms with van der Waals surface area (Å²) in [7, 11) is 0. The number of aliphatic hydroxyl groups excluding tert-OH is 1. The topological polar surface area (TPSA) is 42.4 Å². The number of pyridine rings is 1. The van der Waals surface area contributed by atoms with Gasteiger partial charge in [-0.3, -0.25) is 4.98 Å². The van der Waals surface area contributed by atoms with E-state index in [1.165, 1.54) is 0 Å². The molecule has 2 rings (SSSR count). The van der Waals surface area contributed by atoms with E-state index in [0.29, 0.717) is 6.42 Å². The zero-order chi connectivity index (χ0) is 15.1. The predicted molar refractivity (Wildman–Crippen MR) is 87.4 cm³/mol. The lowest BCUT2D eigenvalue weighted by Crippen LogP contribution is -2.31. The van der Waals surface area contributed by atoms with Gasteiger partial charge < -0.3 is 9.84 Å². The molecule has 112 valence electrons. The van der Waals surface area contributed by atoms with Crippen molar-refractivity contribution >= 4 is 15.9 Å². The van der Waals surface area contributed by atoms with Crippen LogP contribution in [0.15, 0.2) is 53.3 Å². The lowest BCUT2D eigenvalue weighted by Gasteiger charge is -2.23. The van der Waals surface area contributed by atoms with E-state index in [1.807, 2.05) is 49.5 Å². The summed E-state index contributed by atoms with van der Waals surface area (Å²) in [6.07, 6.45) is 5.15. The maximum Gasteiger partial charge on any atom is 0.124 e. The van der Waals surface area contributed by atoms with Gasteiger partial charge in [0.1, 0.15) is 11.9 Å². The third kappa shape index (κ3) is 5.14. The van der Waals surface area contributed by atoms with Gasteiger partial charge in [-0.05, 0) is 55.2 Å². The van der Waals surface area contributed by atoms with E-state index in [1.54, 1.807) is 6.20 Å². The molecule has 2 atom stereocenters. The van der Waals surface area contributed by atoms with Crippen LogP contribution in [-0.4, -0.2) is 22.3 Å². The van der Waals surface area contributed by atoms with Gasteiger partial charge in [-0.2, -0.15) is 0 Å². The highest BCUT2D eigenvalue weighted by atomic mass is 79.9. The molecule has 3 nitrogen and oxygen atoms in total. The molecule has 0 radical (unpaired) electrons. The van der Waals surface area contributed by atoms with Gasteiger partial charge in [-0.25, -0.2) is 0 Å². The number of aromatic nitrogens is 1. The maximum atomic E-state index is 10.3. The summed E-state index contributed by atoms with van der Waals surface area (Å²) >= 11 is 3.40. The third-order valence-electron chi connectivity index (χ3n) is 3.38. The molecular weight excluding hydrogens is 330 g/mol. The molecule has 1 heterocycles. The normalized spacial score (nSPS) is 13.7. The summed E-state index contributed by atoms with van der Waals surface area (Å²) in [5.41, 5.74) is 1.13. The Morgan fingerprint density at radius 3 is 2.62 bits per heavy atom. The molecule has 0 amide bonds. The van der Waals surface area contributed by atoms with Crippen molar-refractivity contribution in [2.45, 2.75) is 38.4 Å². The molecule has 1 aromatic heterocycles. The smallest absolute Gasteiger partial charge is 0.124 e. The second kappa shape index (κ2) is 8.15. The summed E-state index contributed by atoms with van der Waals surface area (Å²) in [6.45, 7) is 2.02. The first-order valence-corrected chi connectivity index (χ1v) is 7.97. The van der Waals surface area contributed by atoms with Crippen molar-refractivity contribution in [3.63, 3.8) is 0 Å². The van der Waals surface area contributed by atoms with E-state index in [0.717, 1.165) is 28.6 Å². The molecule has 4 heteroatoms. The number of benzene rings is 1. The number of hydrogen-bond acceptors (Lipinski definition) is 3. The molecule has 0 aliphatic rings. The standard InChI is InChI=1S/C17H20BrNO2/c1-2-17(21-15-8-6-14(18)7-9-15)16(20)10-5-13-4-3-11-19-12-13/h3-4,6-9,11-12,16-17,20H,2,5,10H2,1H3/t16-,17+/m1/s1. The number of aliphatic hydroxyl groups is 1. The minimum atomic E-state index is -0.487. The van der Waals surface area contributed by atoms with Gasteiger partial charge in [0.25, 0.3) is 0 Å². The van der Waals surface area contributed by atoms with Crippen LogP contribution in [0.5, 0.6) is 5.75 Å². The van der Waals surface area contributed by atoms with Crippen LogP contribution in [0.2, 0.25) is 0 Å². The monoisotopic (exact) mass is 349 g/mol. The maximum absolute atomic E-state index is 10.3. The van der Waals surface area contributed by atoms with Crippen LogP contribution >= 0.6 is 15.9 Å². The average molecular weight is 350 g/mol. The van der Waals surface area contributed by atoms with Crippen LogP contribution in [0.1, 0.15) is 25.3 Å². The van der Waals surface area contributed by atoms with Gasteiger partial charge in [0.2, 0.25) is 0 Å². The van der Waals surface area contributed by atoms with E-state index in [4.69, 9.17) is 4.74 Å². The minimum Gasteiger partial charge on any atom is -0.488 e. The van der Waals surface area contributed by atoms with E-state index >= 15 is 0 Å². The molecule has 1 N–H and O–H groups in total. The number of aryl methyl sites for hydroxylation is 1. The van der Waals surface area contributed by atoms with Crippen molar-refractivity contribution in [3.05, 3.63) is 58.8 Å². The van der Waals surface area contributed by atoms with E-state index in [-0.39, 0.29) is 6.10 Å². The average Bonchev–Trinajstić information content (AvgIpc) is 2.53. The molecule has 0 saturated carbocycles. The van der Waals surface area contributed by atoms with Crippen LogP contribution in [0, 0.1) is 0 Å². The number of nitrogens with zero attached hydrogens (tertiary/aromatic N) is 1. The quantitative estimate of drug-likeness (QED) is 0.821. The molecule has 0 aliphatic heterocycles. The van der Waals surface area contributed by atoms with Crippen molar-refractivity contribution in [1.82, 2.24) is 4.98 Å². The summed E-state index contributed by atoms with van der Waals surface area (Å²) in [5.74, 6) is 0.783. The summed E-state index contributed by atoms with van der Waals surface area (Å²) in [5, 5.41) is 10.3. The first-order chi connectivity index (χ1) is 10.2. The predicted octanol–water partition coefficient (Wildman–Crippen LogP) is 4.00. The fourth-order valence-electron chi connectivity index (χ4n) is 2.17. The Labute approximate surface area is 134 Å². The number of halogens is 1. The molecule has 0 bridgehead atoms. The molecule has 21 heavy (non-hydrogen) atoms. The van der Waals surface area contributed by atoms with Crippen LogP contribution in [0.25, 0.3) is 0 Å². The Bertz CT molecular complexity index is 530. The van der Waals surface area contributed by atoms with Crippen molar-refractivity contribution in [3.8, 4) is 5.75 Å². The van der Waals surface area contributed by atoms with Crippen LogP contribution in [0.4, 0.5) is 0 Å². The van der Waals surface area contributed by atoms with E-state index < -0.39 is 6.10 Å². The molecular formula is C17H20BrNO2. The fourth-order valence-corrected chi connectivity index (χ4v) is 2.43. The first kappa shape index (κ1) is 16.0. The second-order valence-electron chi connectivity index (χ2n) is 4.99. The van der Waals surface area contributed by atoms with Gasteiger partial charge in [-0.1, -0.05) is 28.9 Å². The van der Waals surface area contributed by atoms with Crippen LogP contribution < -0.4 is 4.74 Å². The van der Waals surface area contributed by atoms with Crippen molar-refractivity contribution in [2.75, 3.05) is 0 Å². The molecule has 1 aromatic carbocycles. The minimum absolute atomic E-state index is 0.192. The lowest BCUT2D eigenvalue weighted by molar-refractivity contribution is 0.0290. The van der Waals surface area contributed by atoms with Gasteiger partial charge in [0.15, 0.2) is 0 Å². The largest absolute Gasteiger partial charge is 0.488 e. The molecule has 0 saturated heterocycles. The van der Waals surface area contributed by atoms with Crippen molar-refractivity contribution in [2.24, 2.45) is 0 Å². The molecule has 0 unspecified atom stereocenters. The fraction of sp³-hybridized carbons (Fsp3) is 0.353. The molecule has 0 aliphatic carbocycles. The Hall–Kier alpha value is -1.39. The van der Waals surface area contributed by atoms with Crippen LogP contribution in [0.3, 0.4) is 0 Å². The zero-order valence-electron chi connectivity index (χ0n) is 12.1. The third-order valence-corrected chi connectivity index (χ3v) is 3.91. The summed E-state index contributed by atoms with van der Waals surface area (Å²) < 4.78 is 6.90. The Morgan fingerprint density at radius 2 is 2.00 bits per heavy atom. The first-order valence-electron chi connectivity index (χ1n) is 7.18. The van der Waals surface area contributed by atoms with Crippen LogP contribution in [-0.2, 0) is 6.42 Å². The highest BCUT2D eigenvalue weighted by Crippen LogP contribution is 2.20. The lowest BCUT2D eigenvalue weighted by atomic mass is 10.0. The zero-order valence-corrected chi connectivity index (χ0v) is 13.7. The van der Waals surface area contributed by atoms with Gasteiger partial charge in [0, 0.05) is 16.9 Å². The van der Waals surface area contributed by atoms with E-state index in [2.05, 4.69) is 20.9 Å². The summed E-state index contributed by atoms with van der Waals surface area (Å²) in [4.78, 5) is 4.09. The van der Waals surface area contributed by atoms with Gasteiger partial charge in [-0.15, -0.1) is 0 Å². The Balaban J connectivity index is 1.89. The van der Waals surface area contributed by atoms with Crippen molar-refractivity contribution < 1.29 is 9.84 Å². The molecule has 0 spiro atoms. The molecule has 2 aromatic rings. The number of ether oxygens (including phenoxy) is 1. The van der Waals surface area contributed by atoms with Crippen molar-refractivity contribution in [1.29, 1.82) is 0 Å². The molecule has 0 fully saturated rings.